The van der Waals surface area contributed by atoms with E-state index in [-0.39, 0.29) is 11.3 Å². The van der Waals surface area contributed by atoms with Crippen LogP contribution < -0.4 is 10.1 Å². The zero-order valence-corrected chi connectivity index (χ0v) is 13.3. The molecule has 2 aliphatic rings. The van der Waals surface area contributed by atoms with E-state index in [0.29, 0.717) is 29.3 Å². The Bertz CT molecular complexity index is 523. The van der Waals surface area contributed by atoms with Crippen LogP contribution in [-0.4, -0.2) is 19.1 Å². The van der Waals surface area contributed by atoms with Gasteiger partial charge in [0.1, 0.15) is 12.4 Å². The molecule has 1 aromatic rings. The second-order valence-electron chi connectivity index (χ2n) is 6.08. The summed E-state index contributed by atoms with van der Waals surface area (Å²) in [5, 5.41) is 2.87. The average molecular weight is 338 g/mol. The van der Waals surface area contributed by atoms with Crippen molar-refractivity contribution in [3.8, 4) is 5.75 Å². The molecule has 3 nitrogen and oxygen atoms in total. The Kier molecular flexibility index (Phi) is 3.76. The van der Waals surface area contributed by atoms with E-state index in [9.17, 15) is 4.79 Å². The molecule has 1 saturated carbocycles. The molecular weight excluding hydrogens is 318 g/mol. The molecule has 1 aromatic carbocycles. The number of benzene rings is 1. The Morgan fingerprint density at radius 2 is 2.10 bits per heavy atom. The Morgan fingerprint density at radius 1 is 1.35 bits per heavy atom. The van der Waals surface area contributed by atoms with Gasteiger partial charge in [0.15, 0.2) is 0 Å². The van der Waals surface area contributed by atoms with Crippen molar-refractivity contribution in [2.24, 2.45) is 5.41 Å². The number of amides is 1. The second-order valence-corrected chi connectivity index (χ2v) is 7.00. The Morgan fingerprint density at radius 3 is 2.85 bits per heavy atom. The van der Waals surface area contributed by atoms with Gasteiger partial charge >= 0.3 is 0 Å². The molecular formula is C16H20BrNO2. The number of hydrogen-bond acceptors (Lipinski definition) is 2. The predicted molar refractivity (Wildman–Crippen MR) is 82.5 cm³/mol. The summed E-state index contributed by atoms with van der Waals surface area (Å²) in [7, 11) is 0. The van der Waals surface area contributed by atoms with Gasteiger partial charge in [0, 0.05) is 4.83 Å². The molecule has 3 rings (SSSR count). The van der Waals surface area contributed by atoms with Crippen molar-refractivity contribution in [1.82, 2.24) is 5.32 Å². The molecule has 0 bridgehead atoms. The van der Waals surface area contributed by atoms with Gasteiger partial charge in [-0.15, -0.1) is 0 Å². The zero-order chi connectivity index (χ0) is 14.2. The predicted octanol–water partition coefficient (Wildman–Crippen LogP) is 3.83. The van der Waals surface area contributed by atoms with E-state index in [2.05, 4.69) is 34.2 Å². The maximum absolute atomic E-state index is 12.1. The Balaban J connectivity index is 1.93. The maximum atomic E-state index is 12.1. The number of carbonyl (C=O) groups excluding carboxylic acids is 1. The molecule has 20 heavy (non-hydrogen) atoms. The lowest BCUT2D eigenvalue weighted by molar-refractivity contribution is 0.0957. The maximum Gasteiger partial charge on any atom is 0.255 e. The van der Waals surface area contributed by atoms with Crippen molar-refractivity contribution in [3.05, 3.63) is 29.3 Å². The third-order valence-corrected chi connectivity index (χ3v) is 6.18. The number of hydrogen-bond donors (Lipinski definition) is 1. The van der Waals surface area contributed by atoms with Crippen LogP contribution in [0.5, 0.6) is 5.75 Å². The second kappa shape index (κ2) is 5.40. The van der Waals surface area contributed by atoms with Gasteiger partial charge < -0.3 is 10.1 Å². The molecule has 1 atom stereocenters. The molecule has 1 aliphatic heterocycles. The summed E-state index contributed by atoms with van der Waals surface area (Å²) in [6, 6.07) is 6.00. The van der Waals surface area contributed by atoms with E-state index in [4.69, 9.17) is 4.74 Å². The highest BCUT2D eigenvalue weighted by Crippen LogP contribution is 2.51. The van der Waals surface area contributed by atoms with Gasteiger partial charge in [-0.05, 0) is 36.0 Å². The highest BCUT2D eigenvalue weighted by molar-refractivity contribution is 9.09. The van der Waals surface area contributed by atoms with Gasteiger partial charge in [0.2, 0.25) is 0 Å². The lowest BCUT2D eigenvalue weighted by Crippen LogP contribution is -2.24. The molecule has 4 heteroatoms. The van der Waals surface area contributed by atoms with Gasteiger partial charge in [-0.2, -0.15) is 0 Å². The summed E-state index contributed by atoms with van der Waals surface area (Å²) in [4.78, 5) is 12.4. The molecule has 0 radical (unpaired) electrons. The fourth-order valence-electron chi connectivity index (χ4n) is 3.27. The standard InChI is InChI=1S/C16H20BrNO2/c1-16(6-2-3-7-16)14(17)11-4-5-13-12(10-11)15(19)18-8-9-20-13/h4-5,10,14H,2-3,6-9H2,1H3,(H,18,19). The number of nitrogens with one attached hydrogen (secondary N) is 1. The van der Waals surface area contributed by atoms with Crippen LogP contribution in [0.2, 0.25) is 0 Å². The number of rotatable bonds is 2. The van der Waals surface area contributed by atoms with Crippen molar-refractivity contribution in [2.75, 3.05) is 13.2 Å². The monoisotopic (exact) mass is 337 g/mol. The summed E-state index contributed by atoms with van der Waals surface area (Å²) >= 11 is 3.86. The Hall–Kier alpha value is -1.03. The smallest absolute Gasteiger partial charge is 0.255 e. The average Bonchev–Trinajstić information content (AvgIpc) is 2.82. The minimum absolute atomic E-state index is 0.0318. The molecule has 0 saturated heterocycles. The van der Waals surface area contributed by atoms with Crippen LogP contribution in [0.3, 0.4) is 0 Å². The molecule has 108 valence electrons. The Labute approximate surface area is 128 Å². The topological polar surface area (TPSA) is 38.3 Å². The van der Waals surface area contributed by atoms with Crippen molar-refractivity contribution < 1.29 is 9.53 Å². The van der Waals surface area contributed by atoms with Crippen LogP contribution in [0, 0.1) is 5.41 Å². The largest absolute Gasteiger partial charge is 0.491 e. The van der Waals surface area contributed by atoms with E-state index in [1.807, 2.05) is 12.1 Å². The van der Waals surface area contributed by atoms with Crippen LogP contribution in [0.15, 0.2) is 18.2 Å². The first-order valence-corrected chi connectivity index (χ1v) is 8.21. The highest BCUT2D eigenvalue weighted by atomic mass is 79.9. The van der Waals surface area contributed by atoms with Crippen molar-refractivity contribution >= 4 is 21.8 Å². The SMILES string of the molecule is CC1(C(Br)c2ccc3c(c2)C(=O)NCCO3)CCCC1. The van der Waals surface area contributed by atoms with E-state index < -0.39 is 0 Å². The van der Waals surface area contributed by atoms with Gasteiger partial charge in [-0.1, -0.05) is 41.8 Å². The molecule has 1 unspecified atom stereocenters. The fraction of sp³-hybridized carbons (Fsp3) is 0.562. The first-order valence-electron chi connectivity index (χ1n) is 7.29. The van der Waals surface area contributed by atoms with E-state index in [1.54, 1.807) is 0 Å². The fourth-order valence-corrected chi connectivity index (χ4v) is 4.01. The van der Waals surface area contributed by atoms with Crippen LogP contribution in [0.4, 0.5) is 0 Å². The van der Waals surface area contributed by atoms with Crippen molar-refractivity contribution in [3.63, 3.8) is 0 Å². The molecule has 0 spiro atoms. The highest BCUT2D eigenvalue weighted by Gasteiger charge is 2.36. The number of alkyl halides is 1. The summed E-state index contributed by atoms with van der Waals surface area (Å²) < 4.78 is 5.61. The first-order chi connectivity index (χ1) is 9.60. The van der Waals surface area contributed by atoms with Gasteiger partial charge in [0.25, 0.3) is 5.91 Å². The van der Waals surface area contributed by atoms with Gasteiger partial charge in [-0.3, -0.25) is 4.79 Å². The van der Waals surface area contributed by atoms with Crippen LogP contribution in [-0.2, 0) is 0 Å². The molecule has 1 heterocycles. The molecule has 1 N–H and O–H groups in total. The minimum atomic E-state index is -0.0318. The third-order valence-electron chi connectivity index (χ3n) is 4.54. The van der Waals surface area contributed by atoms with Gasteiger partial charge in [-0.25, -0.2) is 0 Å². The van der Waals surface area contributed by atoms with Crippen molar-refractivity contribution in [2.45, 2.75) is 37.4 Å². The van der Waals surface area contributed by atoms with Crippen molar-refractivity contribution in [1.29, 1.82) is 0 Å². The lowest BCUT2D eigenvalue weighted by Gasteiger charge is -2.30. The van der Waals surface area contributed by atoms with Crippen LogP contribution >= 0.6 is 15.9 Å². The van der Waals surface area contributed by atoms with E-state index >= 15 is 0 Å². The lowest BCUT2D eigenvalue weighted by atomic mass is 9.81. The molecule has 1 amide bonds. The normalized spacial score (nSPS) is 22.4. The molecule has 1 aliphatic carbocycles. The number of carbonyl (C=O) groups is 1. The summed E-state index contributed by atoms with van der Waals surface area (Å²) in [6.45, 7) is 3.44. The zero-order valence-electron chi connectivity index (χ0n) is 11.7. The summed E-state index contributed by atoms with van der Waals surface area (Å²) in [6.07, 6.45) is 5.08. The van der Waals surface area contributed by atoms with E-state index in [0.717, 1.165) is 0 Å². The minimum Gasteiger partial charge on any atom is -0.491 e. The molecule has 1 fully saturated rings. The summed E-state index contributed by atoms with van der Waals surface area (Å²) in [5.74, 6) is 0.663. The van der Waals surface area contributed by atoms with E-state index in [1.165, 1.54) is 31.2 Å². The quantitative estimate of drug-likeness (QED) is 0.833. The number of halogens is 1. The molecule has 0 aromatic heterocycles. The third kappa shape index (κ3) is 2.46. The van der Waals surface area contributed by atoms with Crippen LogP contribution in [0.1, 0.15) is 53.4 Å². The van der Waals surface area contributed by atoms with Crippen LogP contribution in [0.25, 0.3) is 0 Å². The number of fused-ring (bicyclic) bond motifs is 1. The number of ether oxygens (including phenoxy) is 1. The first kappa shape index (κ1) is 13.9. The van der Waals surface area contributed by atoms with Gasteiger partial charge in [0.05, 0.1) is 12.1 Å². The summed E-state index contributed by atoms with van der Waals surface area (Å²) in [5.41, 5.74) is 2.12.